The summed E-state index contributed by atoms with van der Waals surface area (Å²) in [6.45, 7) is 3.36. The molecule has 0 bridgehead atoms. The van der Waals surface area contributed by atoms with Crippen LogP contribution in [0.3, 0.4) is 0 Å². The molecule has 17 heavy (non-hydrogen) atoms. The van der Waals surface area contributed by atoms with Gasteiger partial charge in [0, 0.05) is 5.92 Å². The Balaban J connectivity index is 1.67. The minimum absolute atomic E-state index is 0.180. The van der Waals surface area contributed by atoms with Crippen molar-refractivity contribution in [3.05, 3.63) is 54.6 Å². The van der Waals surface area contributed by atoms with Crippen molar-refractivity contribution < 1.29 is 9.47 Å². The summed E-state index contributed by atoms with van der Waals surface area (Å²) in [6.07, 6.45) is 8.52. The zero-order valence-electron chi connectivity index (χ0n) is 10.1. The normalized spacial score (nSPS) is 22.6. The van der Waals surface area contributed by atoms with Crippen molar-refractivity contribution in [1.82, 2.24) is 0 Å². The van der Waals surface area contributed by atoms with E-state index in [1.807, 2.05) is 36.4 Å². The highest BCUT2D eigenvalue weighted by Gasteiger charge is 2.13. The maximum atomic E-state index is 5.75. The molecule has 0 amide bonds. The van der Waals surface area contributed by atoms with E-state index in [1.165, 1.54) is 0 Å². The first-order valence-corrected chi connectivity index (χ1v) is 6.01. The van der Waals surface area contributed by atoms with Gasteiger partial charge in [-0.1, -0.05) is 49.4 Å². The SMILES string of the molecule is CC1C=CC=CC1OCCOc1ccccc1. The number of ether oxygens (including phenoxy) is 2. The summed E-state index contributed by atoms with van der Waals surface area (Å²) in [5.74, 6) is 1.33. The number of para-hydroxylation sites is 1. The van der Waals surface area contributed by atoms with Crippen LogP contribution < -0.4 is 4.74 Å². The van der Waals surface area contributed by atoms with E-state index in [9.17, 15) is 0 Å². The van der Waals surface area contributed by atoms with Crippen LogP contribution in [0.4, 0.5) is 0 Å². The summed E-state index contributed by atoms with van der Waals surface area (Å²) < 4.78 is 11.3. The fourth-order valence-electron chi connectivity index (χ4n) is 1.77. The molecule has 1 aliphatic rings. The highest BCUT2D eigenvalue weighted by molar-refractivity contribution is 5.20. The minimum Gasteiger partial charge on any atom is -0.491 e. The van der Waals surface area contributed by atoms with Gasteiger partial charge in [0.25, 0.3) is 0 Å². The van der Waals surface area contributed by atoms with Gasteiger partial charge in [0.05, 0.1) is 12.7 Å². The smallest absolute Gasteiger partial charge is 0.119 e. The van der Waals surface area contributed by atoms with E-state index < -0.39 is 0 Å². The Labute approximate surface area is 103 Å². The highest BCUT2D eigenvalue weighted by Crippen LogP contribution is 2.15. The zero-order valence-corrected chi connectivity index (χ0v) is 10.1. The van der Waals surface area contributed by atoms with E-state index in [2.05, 4.69) is 25.2 Å². The summed E-state index contributed by atoms with van der Waals surface area (Å²) in [4.78, 5) is 0. The standard InChI is InChI=1S/C15H18O2/c1-13-7-5-6-10-15(13)17-12-11-16-14-8-3-2-4-9-14/h2-10,13,15H,11-12H2,1H3. The first-order chi connectivity index (χ1) is 8.36. The van der Waals surface area contributed by atoms with Gasteiger partial charge in [-0.05, 0) is 12.1 Å². The lowest BCUT2D eigenvalue weighted by Crippen LogP contribution is -2.22. The summed E-state index contributed by atoms with van der Waals surface area (Å²) in [7, 11) is 0. The van der Waals surface area contributed by atoms with E-state index in [-0.39, 0.29) is 6.10 Å². The van der Waals surface area contributed by atoms with Gasteiger partial charge < -0.3 is 9.47 Å². The van der Waals surface area contributed by atoms with Crippen LogP contribution in [-0.2, 0) is 4.74 Å². The van der Waals surface area contributed by atoms with Gasteiger partial charge in [0.15, 0.2) is 0 Å². The highest BCUT2D eigenvalue weighted by atomic mass is 16.5. The van der Waals surface area contributed by atoms with Gasteiger partial charge in [-0.25, -0.2) is 0 Å². The van der Waals surface area contributed by atoms with Gasteiger partial charge >= 0.3 is 0 Å². The van der Waals surface area contributed by atoms with Crippen LogP contribution in [0.25, 0.3) is 0 Å². The van der Waals surface area contributed by atoms with Crippen LogP contribution in [0.15, 0.2) is 54.6 Å². The van der Waals surface area contributed by atoms with Crippen molar-refractivity contribution in [3.63, 3.8) is 0 Å². The van der Waals surface area contributed by atoms with Crippen molar-refractivity contribution in [1.29, 1.82) is 0 Å². The number of hydrogen-bond acceptors (Lipinski definition) is 2. The molecule has 2 rings (SSSR count). The number of rotatable bonds is 5. The van der Waals surface area contributed by atoms with E-state index >= 15 is 0 Å². The fraction of sp³-hybridized carbons (Fsp3) is 0.333. The van der Waals surface area contributed by atoms with Gasteiger partial charge in [0.2, 0.25) is 0 Å². The van der Waals surface area contributed by atoms with Crippen LogP contribution in [0.2, 0.25) is 0 Å². The average molecular weight is 230 g/mol. The quantitative estimate of drug-likeness (QED) is 0.723. The van der Waals surface area contributed by atoms with Crippen molar-refractivity contribution in [3.8, 4) is 5.75 Å². The van der Waals surface area contributed by atoms with E-state index in [0.29, 0.717) is 19.1 Å². The predicted octanol–water partition coefficient (Wildman–Crippen LogP) is 3.21. The molecule has 0 heterocycles. The molecule has 1 aromatic rings. The van der Waals surface area contributed by atoms with Crippen molar-refractivity contribution in [2.24, 2.45) is 5.92 Å². The zero-order chi connectivity index (χ0) is 11.9. The molecular formula is C15H18O2. The summed E-state index contributed by atoms with van der Waals surface area (Å²) in [5, 5.41) is 0. The Morgan fingerprint density at radius 1 is 1.00 bits per heavy atom. The summed E-state index contributed by atoms with van der Waals surface area (Å²) in [6, 6.07) is 9.81. The van der Waals surface area contributed by atoms with Crippen molar-refractivity contribution in [2.45, 2.75) is 13.0 Å². The molecule has 0 fully saturated rings. The molecule has 0 saturated heterocycles. The minimum atomic E-state index is 0.180. The number of benzene rings is 1. The topological polar surface area (TPSA) is 18.5 Å². The average Bonchev–Trinajstić information content (AvgIpc) is 2.38. The Bertz CT molecular complexity index is 381. The molecule has 2 unspecified atom stereocenters. The van der Waals surface area contributed by atoms with Crippen molar-refractivity contribution >= 4 is 0 Å². The first-order valence-electron chi connectivity index (χ1n) is 6.01. The van der Waals surface area contributed by atoms with Gasteiger partial charge in [-0.15, -0.1) is 0 Å². The molecule has 0 aliphatic heterocycles. The van der Waals surface area contributed by atoms with Gasteiger partial charge in [-0.3, -0.25) is 0 Å². The lowest BCUT2D eigenvalue weighted by molar-refractivity contribution is 0.0414. The maximum absolute atomic E-state index is 5.75. The Hall–Kier alpha value is -1.54. The Morgan fingerprint density at radius 2 is 1.76 bits per heavy atom. The molecule has 90 valence electrons. The monoisotopic (exact) mass is 230 g/mol. The second-order valence-electron chi connectivity index (χ2n) is 4.13. The lowest BCUT2D eigenvalue weighted by Gasteiger charge is -2.20. The van der Waals surface area contributed by atoms with Crippen LogP contribution in [-0.4, -0.2) is 19.3 Å². The maximum Gasteiger partial charge on any atom is 0.119 e. The predicted molar refractivity (Wildman–Crippen MR) is 69.1 cm³/mol. The van der Waals surface area contributed by atoms with Crippen LogP contribution >= 0.6 is 0 Å². The number of hydrogen-bond donors (Lipinski definition) is 0. The largest absolute Gasteiger partial charge is 0.491 e. The van der Waals surface area contributed by atoms with Gasteiger partial charge in [-0.2, -0.15) is 0 Å². The third kappa shape index (κ3) is 3.75. The Kier molecular flexibility index (Phi) is 4.39. The van der Waals surface area contributed by atoms with Gasteiger partial charge in [0.1, 0.15) is 12.4 Å². The Morgan fingerprint density at radius 3 is 2.53 bits per heavy atom. The fourth-order valence-corrected chi connectivity index (χ4v) is 1.77. The molecule has 0 N–H and O–H groups in total. The van der Waals surface area contributed by atoms with Crippen molar-refractivity contribution in [2.75, 3.05) is 13.2 Å². The van der Waals surface area contributed by atoms with E-state index in [4.69, 9.17) is 9.47 Å². The summed E-state index contributed by atoms with van der Waals surface area (Å²) in [5.41, 5.74) is 0. The molecule has 0 radical (unpaired) electrons. The molecule has 0 saturated carbocycles. The van der Waals surface area contributed by atoms with Crippen LogP contribution in [0, 0.1) is 5.92 Å². The molecule has 0 spiro atoms. The molecule has 2 heteroatoms. The molecule has 0 aromatic heterocycles. The van der Waals surface area contributed by atoms with Crippen LogP contribution in [0.1, 0.15) is 6.92 Å². The lowest BCUT2D eigenvalue weighted by atomic mass is 10.00. The first kappa shape index (κ1) is 11.9. The number of allylic oxidation sites excluding steroid dienone is 2. The second kappa shape index (κ2) is 6.26. The molecule has 2 atom stereocenters. The second-order valence-corrected chi connectivity index (χ2v) is 4.13. The summed E-state index contributed by atoms with van der Waals surface area (Å²) >= 11 is 0. The molecule has 2 nitrogen and oxygen atoms in total. The van der Waals surface area contributed by atoms with E-state index in [1.54, 1.807) is 0 Å². The molecular weight excluding hydrogens is 212 g/mol. The molecule has 1 aromatic carbocycles. The third-order valence-corrected chi connectivity index (χ3v) is 2.75. The van der Waals surface area contributed by atoms with Crippen LogP contribution in [0.5, 0.6) is 5.75 Å². The molecule has 1 aliphatic carbocycles. The van der Waals surface area contributed by atoms with E-state index in [0.717, 1.165) is 5.75 Å². The third-order valence-electron chi connectivity index (χ3n) is 2.75.